The van der Waals surface area contributed by atoms with E-state index in [1.165, 1.54) is 0 Å². The number of benzene rings is 1. The number of rotatable bonds is 6. The van der Waals surface area contributed by atoms with Crippen LogP contribution in [-0.4, -0.2) is 76.9 Å². The highest BCUT2D eigenvalue weighted by Gasteiger charge is 2.20. The molecule has 3 aromatic rings. The van der Waals surface area contributed by atoms with E-state index in [1.807, 2.05) is 31.4 Å². The van der Waals surface area contributed by atoms with Gasteiger partial charge in [-0.25, -0.2) is 9.97 Å². The Hall–Kier alpha value is -3.47. The number of hydrogen-bond acceptors (Lipinski definition) is 10. The van der Waals surface area contributed by atoms with Gasteiger partial charge < -0.3 is 25.1 Å². The van der Waals surface area contributed by atoms with E-state index in [-0.39, 0.29) is 5.75 Å². The Morgan fingerprint density at radius 2 is 2.00 bits per heavy atom. The number of anilines is 1. The monoisotopic (exact) mass is 448 g/mol. The van der Waals surface area contributed by atoms with Crippen molar-refractivity contribution in [1.82, 2.24) is 35.8 Å². The molecule has 10 nitrogen and oxygen atoms in total. The Bertz CT molecular complexity index is 1180. The number of phenols is 1. The molecule has 10 heteroatoms. The molecule has 0 bridgehead atoms. The summed E-state index contributed by atoms with van der Waals surface area (Å²) in [7, 11) is 4.07. The predicted octanol–water partition coefficient (Wildman–Crippen LogP) is 1.46. The van der Waals surface area contributed by atoms with Gasteiger partial charge in [0.2, 0.25) is 0 Å². The number of aromatic nitrogens is 3. The quantitative estimate of drug-likeness (QED) is 0.514. The molecule has 5 rings (SSSR count). The van der Waals surface area contributed by atoms with Crippen molar-refractivity contribution >= 4 is 16.9 Å². The maximum absolute atomic E-state index is 9.96. The molecule has 33 heavy (non-hydrogen) atoms. The van der Waals surface area contributed by atoms with Gasteiger partial charge >= 0.3 is 0 Å². The van der Waals surface area contributed by atoms with Gasteiger partial charge in [0, 0.05) is 37.6 Å². The van der Waals surface area contributed by atoms with Gasteiger partial charge in [0.05, 0.1) is 31.0 Å². The van der Waals surface area contributed by atoms with Crippen LogP contribution in [0, 0.1) is 0 Å². The Balaban J connectivity index is 1.51. The topological polar surface area (TPSA) is 102 Å². The summed E-state index contributed by atoms with van der Waals surface area (Å²) in [6.07, 6.45) is 3.94. The molecule has 0 atom stereocenters. The van der Waals surface area contributed by atoms with E-state index in [0.29, 0.717) is 25.6 Å². The van der Waals surface area contributed by atoms with Crippen molar-refractivity contribution in [1.29, 1.82) is 0 Å². The van der Waals surface area contributed by atoms with Gasteiger partial charge in [0.25, 0.3) is 0 Å². The normalized spacial score (nSPS) is 16.4. The van der Waals surface area contributed by atoms with Crippen LogP contribution in [0.25, 0.3) is 22.4 Å². The fourth-order valence-corrected chi connectivity index (χ4v) is 4.00. The third kappa shape index (κ3) is 4.82. The number of phenolic OH excluding ortho intramolecular Hbond substituents is 1. The van der Waals surface area contributed by atoms with Crippen LogP contribution in [0.2, 0.25) is 0 Å². The first-order valence-corrected chi connectivity index (χ1v) is 11.0. The number of fused-ring (bicyclic) bond motifs is 1. The van der Waals surface area contributed by atoms with E-state index in [2.05, 4.69) is 33.0 Å². The fraction of sp³-hybridized carbons (Fsp3) is 0.348. The highest BCUT2D eigenvalue weighted by Crippen LogP contribution is 2.29. The standard InChI is InChI=1S/C23H28N8O2/c1-29(2)14-18-15-31(28-27-18)13-16-10-20-21(24-12-16)23(30-6-8-33-9-7-30)26-22(25-20)17-4-3-5-19(32)11-17/h3-5,10-12,15,27-28,32H,6-9,13-14H2,1-2H3. The van der Waals surface area contributed by atoms with Gasteiger partial charge in [0.15, 0.2) is 11.6 Å². The summed E-state index contributed by atoms with van der Waals surface area (Å²) >= 11 is 0. The Morgan fingerprint density at radius 3 is 2.79 bits per heavy atom. The number of aromatic hydroxyl groups is 1. The lowest BCUT2D eigenvalue weighted by Gasteiger charge is -2.28. The van der Waals surface area contributed by atoms with Crippen molar-refractivity contribution in [2.24, 2.45) is 0 Å². The van der Waals surface area contributed by atoms with Crippen LogP contribution in [0.15, 0.2) is 48.4 Å². The first kappa shape index (κ1) is 21.4. The number of morpholine rings is 1. The van der Waals surface area contributed by atoms with Gasteiger partial charge in [-0.15, -0.1) is 5.53 Å². The Morgan fingerprint density at radius 1 is 1.15 bits per heavy atom. The maximum Gasteiger partial charge on any atom is 0.162 e. The van der Waals surface area contributed by atoms with Crippen molar-refractivity contribution in [2.75, 3.05) is 51.8 Å². The fourth-order valence-electron chi connectivity index (χ4n) is 4.00. The van der Waals surface area contributed by atoms with E-state index in [1.54, 1.807) is 18.2 Å². The molecule has 2 aromatic heterocycles. The maximum atomic E-state index is 9.96. The third-order valence-corrected chi connectivity index (χ3v) is 5.50. The number of nitrogens with one attached hydrogen (secondary N) is 2. The molecule has 0 saturated carbocycles. The van der Waals surface area contributed by atoms with Crippen molar-refractivity contribution in [3.63, 3.8) is 0 Å². The summed E-state index contributed by atoms with van der Waals surface area (Å²) in [5.74, 6) is 1.54. The number of pyridine rings is 1. The Kier molecular flexibility index (Phi) is 5.95. The SMILES string of the molecule is CN(C)CC1=CN(Cc2cnc3c(N4CCOCC4)nc(-c4cccc(O)c4)nc3c2)NN1. The number of hydrogen-bond donors (Lipinski definition) is 3. The van der Waals surface area contributed by atoms with Crippen molar-refractivity contribution < 1.29 is 9.84 Å². The molecule has 4 heterocycles. The molecule has 3 N–H and O–H groups in total. The average molecular weight is 449 g/mol. The minimum atomic E-state index is 0.184. The molecule has 172 valence electrons. The van der Waals surface area contributed by atoms with Crippen molar-refractivity contribution in [3.8, 4) is 17.1 Å². The van der Waals surface area contributed by atoms with Crippen LogP contribution >= 0.6 is 0 Å². The van der Waals surface area contributed by atoms with Gasteiger partial charge in [-0.2, -0.15) is 0 Å². The summed E-state index contributed by atoms with van der Waals surface area (Å²) in [6.45, 7) is 4.25. The lowest BCUT2D eigenvalue weighted by molar-refractivity contribution is 0.122. The van der Waals surface area contributed by atoms with Gasteiger partial charge in [0.1, 0.15) is 11.3 Å². The van der Waals surface area contributed by atoms with Crippen LogP contribution in [0.4, 0.5) is 5.82 Å². The van der Waals surface area contributed by atoms with E-state index in [0.717, 1.165) is 53.3 Å². The molecular weight excluding hydrogens is 420 g/mol. The molecular formula is C23H28N8O2. The second-order valence-electron chi connectivity index (χ2n) is 8.49. The second kappa shape index (κ2) is 9.18. The summed E-state index contributed by atoms with van der Waals surface area (Å²) in [6, 6.07) is 9.07. The predicted molar refractivity (Wildman–Crippen MR) is 126 cm³/mol. The smallest absolute Gasteiger partial charge is 0.162 e. The van der Waals surface area contributed by atoms with Crippen LogP contribution < -0.4 is 15.9 Å². The Labute approximate surface area is 192 Å². The molecule has 2 aliphatic rings. The van der Waals surface area contributed by atoms with Gasteiger partial charge in [-0.05, 0) is 37.9 Å². The molecule has 0 spiro atoms. The highest BCUT2D eigenvalue weighted by molar-refractivity contribution is 5.88. The summed E-state index contributed by atoms with van der Waals surface area (Å²) in [4.78, 5) is 18.7. The lowest BCUT2D eigenvalue weighted by atomic mass is 10.1. The minimum Gasteiger partial charge on any atom is -0.508 e. The zero-order valence-corrected chi connectivity index (χ0v) is 18.8. The number of ether oxygens (including phenoxy) is 1. The molecule has 1 fully saturated rings. The molecule has 0 unspecified atom stereocenters. The molecule has 0 aliphatic carbocycles. The van der Waals surface area contributed by atoms with Crippen LogP contribution in [0.5, 0.6) is 5.75 Å². The van der Waals surface area contributed by atoms with Crippen LogP contribution in [0.3, 0.4) is 0 Å². The van der Waals surface area contributed by atoms with Gasteiger partial charge in [-0.3, -0.25) is 9.99 Å². The van der Waals surface area contributed by atoms with Crippen molar-refractivity contribution in [2.45, 2.75) is 6.54 Å². The van der Waals surface area contributed by atoms with E-state index in [9.17, 15) is 5.11 Å². The van der Waals surface area contributed by atoms with Gasteiger partial charge in [-0.1, -0.05) is 12.1 Å². The highest BCUT2D eigenvalue weighted by atomic mass is 16.5. The first-order valence-electron chi connectivity index (χ1n) is 11.0. The summed E-state index contributed by atoms with van der Waals surface area (Å²) in [5, 5.41) is 12.0. The first-order chi connectivity index (χ1) is 16.0. The van der Waals surface area contributed by atoms with Crippen molar-refractivity contribution in [3.05, 3.63) is 54.0 Å². The zero-order valence-electron chi connectivity index (χ0n) is 18.8. The third-order valence-electron chi connectivity index (χ3n) is 5.50. The van der Waals surface area contributed by atoms with E-state index in [4.69, 9.17) is 19.7 Å². The molecule has 1 aromatic carbocycles. The lowest BCUT2D eigenvalue weighted by Crippen LogP contribution is -2.37. The van der Waals surface area contributed by atoms with E-state index < -0.39 is 0 Å². The molecule has 2 aliphatic heterocycles. The number of nitrogens with zero attached hydrogens (tertiary/aromatic N) is 6. The summed E-state index contributed by atoms with van der Waals surface area (Å²) in [5.41, 5.74) is 10.8. The number of hydrazine groups is 2. The number of likely N-dealkylation sites (N-methyl/N-ethyl adjacent to an activating group) is 1. The molecule has 0 radical (unpaired) electrons. The van der Waals surface area contributed by atoms with E-state index >= 15 is 0 Å². The van der Waals surface area contributed by atoms with Crippen LogP contribution in [0.1, 0.15) is 5.56 Å². The zero-order chi connectivity index (χ0) is 22.8. The largest absolute Gasteiger partial charge is 0.508 e. The minimum absolute atomic E-state index is 0.184. The second-order valence-corrected chi connectivity index (χ2v) is 8.49. The van der Waals surface area contributed by atoms with Crippen LogP contribution in [-0.2, 0) is 11.3 Å². The molecule has 0 amide bonds. The summed E-state index contributed by atoms with van der Waals surface area (Å²) < 4.78 is 5.52. The molecule has 1 saturated heterocycles. The average Bonchev–Trinajstić information content (AvgIpc) is 3.24.